The fraction of sp³-hybridized carbons (Fsp3) is 0. The normalized spacial score (nSPS) is 10.6. The highest BCUT2D eigenvalue weighted by atomic mass is 79.9. The predicted molar refractivity (Wildman–Crippen MR) is 86.2 cm³/mol. The molecule has 8 heteroatoms. The summed E-state index contributed by atoms with van der Waals surface area (Å²) in [6, 6.07) is 9.87. The van der Waals surface area contributed by atoms with Crippen molar-refractivity contribution in [3.8, 4) is 11.5 Å². The Bertz CT molecular complexity index is 903. The van der Waals surface area contributed by atoms with Crippen LogP contribution in [0, 0.1) is 0 Å². The van der Waals surface area contributed by atoms with Gasteiger partial charge in [0, 0.05) is 6.07 Å². The molecule has 112 valence electrons. The quantitative estimate of drug-likeness (QED) is 0.454. The summed E-state index contributed by atoms with van der Waals surface area (Å²) >= 11 is 10.2. The van der Waals surface area contributed by atoms with E-state index in [1.807, 2.05) is 0 Å². The molecule has 5 nitrogen and oxygen atoms in total. The molecule has 0 atom stereocenters. The highest BCUT2D eigenvalue weighted by Gasteiger charge is 2.19. The third-order valence-electron chi connectivity index (χ3n) is 2.61. The van der Waals surface area contributed by atoms with Gasteiger partial charge in [0.15, 0.2) is 11.3 Å². The van der Waals surface area contributed by atoms with E-state index in [0.717, 1.165) is 11.3 Å². The maximum absolute atomic E-state index is 11.8. The fourth-order valence-electron chi connectivity index (χ4n) is 1.71. The van der Waals surface area contributed by atoms with Gasteiger partial charge < -0.3 is 13.9 Å². The smallest absolute Gasteiger partial charge is 0.414 e. The van der Waals surface area contributed by atoms with E-state index in [1.54, 1.807) is 30.3 Å². The maximum atomic E-state index is 11.8. The number of ether oxygens (including phenoxy) is 2. The molecule has 0 aliphatic heterocycles. The van der Waals surface area contributed by atoms with E-state index in [9.17, 15) is 9.59 Å². The molecule has 0 fully saturated rings. The van der Waals surface area contributed by atoms with Crippen molar-refractivity contribution < 1.29 is 18.7 Å². The molecule has 0 unspecified atom stereocenters. The molecule has 3 rings (SSSR count). The summed E-state index contributed by atoms with van der Waals surface area (Å²) < 4.78 is 16.0. The Morgan fingerprint density at radius 2 is 1.95 bits per heavy atom. The molecule has 0 spiro atoms. The standard InChI is InChI=1S/C14H6BrClO5S/c15-10-11(8(16)6-9-12(10)22-14(18)20-9)21-13(17)19-7-4-2-1-3-5-7/h1-6H. The molecule has 2 aromatic carbocycles. The van der Waals surface area contributed by atoms with Crippen LogP contribution < -0.4 is 14.4 Å². The zero-order valence-electron chi connectivity index (χ0n) is 10.7. The minimum atomic E-state index is -0.941. The van der Waals surface area contributed by atoms with Crippen molar-refractivity contribution in [2.45, 2.75) is 0 Å². The molecule has 0 N–H and O–H groups in total. The van der Waals surface area contributed by atoms with Crippen LogP contribution in [0.25, 0.3) is 10.3 Å². The minimum absolute atomic E-state index is 0.0622. The lowest BCUT2D eigenvalue weighted by molar-refractivity contribution is 0.151. The first-order valence-electron chi connectivity index (χ1n) is 5.91. The highest BCUT2D eigenvalue weighted by molar-refractivity contribution is 9.10. The van der Waals surface area contributed by atoms with E-state index in [0.29, 0.717) is 20.5 Å². The van der Waals surface area contributed by atoms with Crippen LogP contribution in [0.3, 0.4) is 0 Å². The fourth-order valence-corrected chi connectivity index (χ4v) is 3.47. The van der Waals surface area contributed by atoms with E-state index < -0.39 is 11.1 Å². The van der Waals surface area contributed by atoms with Crippen molar-refractivity contribution >= 4 is 55.3 Å². The summed E-state index contributed by atoms with van der Waals surface area (Å²) in [5, 5.41) is 0.117. The first kappa shape index (κ1) is 15.1. The predicted octanol–water partition coefficient (Wildman–Crippen LogP) is 4.85. The van der Waals surface area contributed by atoms with Crippen molar-refractivity contribution in [1.82, 2.24) is 0 Å². The van der Waals surface area contributed by atoms with Crippen LogP contribution in [-0.2, 0) is 0 Å². The lowest BCUT2D eigenvalue weighted by Gasteiger charge is -2.08. The summed E-state index contributed by atoms with van der Waals surface area (Å²) in [7, 11) is 0. The molecule has 0 saturated carbocycles. The molecule has 1 heterocycles. The molecule has 0 aliphatic carbocycles. The van der Waals surface area contributed by atoms with Gasteiger partial charge in [0.05, 0.1) is 14.2 Å². The summed E-state index contributed by atoms with van der Waals surface area (Å²) in [4.78, 5) is 22.6. The van der Waals surface area contributed by atoms with Crippen molar-refractivity contribution in [1.29, 1.82) is 0 Å². The number of hydrogen-bond acceptors (Lipinski definition) is 6. The van der Waals surface area contributed by atoms with E-state index in [4.69, 9.17) is 25.5 Å². The molecule has 0 bridgehead atoms. The minimum Gasteiger partial charge on any atom is -0.414 e. The summed E-state index contributed by atoms with van der Waals surface area (Å²) in [5.74, 6) is 0.404. The van der Waals surface area contributed by atoms with Crippen molar-refractivity contribution in [3.05, 3.63) is 55.6 Å². The van der Waals surface area contributed by atoms with Crippen molar-refractivity contribution in [2.24, 2.45) is 0 Å². The maximum Gasteiger partial charge on any atom is 0.519 e. The number of para-hydroxylation sites is 1. The van der Waals surface area contributed by atoms with Gasteiger partial charge in [-0.1, -0.05) is 41.1 Å². The third-order valence-corrected chi connectivity index (χ3v) is 4.76. The molecule has 0 radical (unpaired) electrons. The Labute approximate surface area is 141 Å². The van der Waals surface area contributed by atoms with Gasteiger partial charge in [-0.3, -0.25) is 0 Å². The molecular formula is C14H6BrClO5S. The number of fused-ring (bicyclic) bond motifs is 1. The Kier molecular flexibility index (Phi) is 4.19. The second kappa shape index (κ2) is 6.12. The van der Waals surface area contributed by atoms with Gasteiger partial charge in [-0.25, -0.2) is 9.59 Å². The van der Waals surface area contributed by atoms with Crippen LogP contribution in [0.4, 0.5) is 4.79 Å². The van der Waals surface area contributed by atoms with E-state index in [-0.39, 0.29) is 10.8 Å². The third kappa shape index (κ3) is 3.01. The van der Waals surface area contributed by atoms with Crippen LogP contribution in [0.1, 0.15) is 0 Å². The number of hydrogen-bond donors (Lipinski definition) is 0. The van der Waals surface area contributed by atoms with Gasteiger partial charge in [-0.15, -0.1) is 0 Å². The van der Waals surface area contributed by atoms with Crippen molar-refractivity contribution in [3.63, 3.8) is 0 Å². The topological polar surface area (TPSA) is 65.7 Å². The molecular weight excluding hydrogens is 396 g/mol. The van der Waals surface area contributed by atoms with Crippen LogP contribution in [0.2, 0.25) is 5.02 Å². The summed E-state index contributed by atoms with van der Waals surface area (Å²) in [5.41, 5.74) is 0.315. The average Bonchev–Trinajstić information content (AvgIpc) is 2.85. The average molecular weight is 402 g/mol. The van der Waals surface area contributed by atoms with Crippen LogP contribution in [0.5, 0.6) is 11.5 Å². The lowest BCUT2D eigenvalue weighted by atomic mass is 10.3. The second-order valence-electron chi connectivity index (χ2n) is 4.05. The number of rotatable bonds is 2. The summed E-state index contributed by atoms with van der Waals surface area (Å²) in [6.45, 7) is 0. The van der Waals surface area contributed by atoms with Crippen LogP contribution in [-0.4, -0.2) is 6.16 Å². The first-order chi connectivity index (χ1) is 10.5. The van der Waals surface area contributed by atoms with Crippen molar-refractivity contribution in [2.75, 3.05) is 0 Å². The Balaban J connectivity index is 1.90. The van der Waals surface area contributed by atoms with Crippen LogP contribution in [0.15, 0.2) is 50.1 Å². The van der Waals surface area contributed by atoms with Gasteiger partial charge in [0.2, 0.25) is 0 Å². The molecule has 0 aliphatic rings. The molecule has 0 saturated heterocycles. The number of benzene rings is 2. The second-order valence-corrected chi connectivity index (χ2v) is 6.20. The van der Waals surface area contributed by atoms with E-state index in [1.165, 1.54) is 6.07 Å². The number of carbonyl (C=O) groups is 1. The SMILES string of the molecule is O=C(Oc1ccccc1)Oc1c(Cl)cc2oc(=O)sc2c1Br. The van der Waals surface area contributed by atoms with Gasteiger partial charge in [0.25, 0.3) is 0 Å². The largest absolute Gasteiger partial charge is 0.519 e. The zero-order valence-corrected chi connectivity index (χ0v) is 13.8. The van der Waals surface area contributed by atoms with Gasteiger partial charge in [-0.05, 0) is 28.1 Å². The van der Waals surface area contributed by atoms with Gasteiger partial charge >= 0.3 is 11.1 Å². The Hall–Kier alpha value is -1.83. The molecule has 22 heavy (non-hydrogen) atoms. The zero-order chi connectivity index (χ0) is 15.7. The van der Waals surface area contributed by atoms with Gasteiger partial charge in [-0.2, -0.15) is 0 Å². The summed E-state index contributed by atoms with van der Waals surface area (Å²) in [6.07, 6.45) is -0.941. The Morgan fingerprint density at radius 1 is 1.23 bits per heavy atom. The first-order valence-corrected chi connectivity index (χ1v) is 7.89. The lowest BCUT2D eigenvalue weighted by Crippen LogP contribution is -2.14. The molecule has 3 aromatic rings. The van der Waals surface area contributed by atoms with Crippen LogP contribution >= 0.6 is 38.9 Å². The highest BCUT2D eigenvalue weighted by Crippen LogP contribution is 2.40. The molecule has 1 aromatic heterocycles. The molecule has 0 amide bonds. The monoisotopic (exact) mass is 400 g/mol. The number of halogens is 2. The Morgan fingerprint density at radius 3 is 2.68 bits per heavy atom. The van der Waals surface area contributed by atoms with E-state index >= 15 is 0 Å². The van der Waals surface area contributed by atoms with E-state index in [2.05, 4.69) is 15.9 Å². The number of carbonyl (C=O) groups excluding carboxylic acids is 1. The van der Waals surface area contributed by atoms with Gasteiger partial charge in [0.1, 0.15) is 5.75 Å².